The van der Waals surface area contributed by atoms with E-state index in [9.17, 15) is 9.50 Å². The predicted octanol–water partition coefficient (Wildman–Crippen LogP) is 2.76. The standard InChI is InChI=1S/C14H17ClFNO2/c15-9-6-10-13(17-4-2-1-3-5-17)12(18)8-19-14(10)11(16)7-9/h6-7,12-13,18H,1-5,8H2. The summed E-state index contributed by atoms with van der Waals surface area (Å²) in [6.45, 7) is 1.98. The van der Waals surface area contributed by atoms with Gasteiger partial charge in [-0.3, -0.25) is 4.90 Å². The molecule has 1 saturated heterocycles. The molecule has 0 amide bonds. The van der Waals surface area contributed by atoms with Gasteiger partial charge in [-0.25, -0.2) is 4.39 Å². The number of aliphatic hydroxyl groups excluding tert-OH is 1. The third-order valence-electron chi connectivity index (χ3n) is 3.90. The Morgan fingerprint density at radius 3 is 2.74 bits per heavy atom. The van der Waals surface area contributed by atoms with Crippen molar-refractivity contribution in [3.8, 4) is 5.75 Å². The molecule has 104 valence electrons. The largest absolute Gasteiger partial charge is 0.487 e. The lowest BCUT2D eigenvalue weighted by atomic mass is 9.94. The quantitative estimate of drug-likeness (QED) is 0.861. The third kappa shape index (κ3) is 2.45. The maximum atomic E-state index is 13.9. The average Bonchev–Trinajstić information content (AvgIpc) is 2.39. The normalized spacial score (nSPS) is 27.7. The van der Waals surface area contributed by atoms with Crippen LogP contribution in [0.2, 0.25) is 5.02 Å². The highest BCUT2D eigenvalue weighted by Gasteiger charge is 2.36. The van der Waals surface area contributed by atoms with Crippen LogP contribution in [0.3, 0.4) is 0 Å². The zero-order valence-corrected chi connectivity index (χ0v) is 11.4. The number of aliphatic hydroxyl groups is 1. The Morgan fingerprint density at radius 1 is 1.26 bits per heavy atom. The molecule has 5 heteroatoms. The van der Waals surface area contributed by atoms with Crippen LogP contribution in [0.25, 0.3) is 0 Å². The smallest absolute Gasteiger partial charge is 0.166 e. The SMILES string of the molecule is OC1COc2c(F)cc(Cl)cc2C1N1CCCCC1. The highest BCUT2D eigenvalue weighted by Crippen LogP contribution is 2.40. The number of likely N-dealkylation sites (tertiary alicyclic amines) is 1. The van der Waals surface area contributed by atoms with Gasteiger partial charge in [0.15, 0.2) is 11.6 Å². The summed E-state index contributed by atoms with van der Waals surface area (Å²) in [5.41, 5.74) is 0.672. The fraction of sp³-hybridized carbons (Fsp3) is 0.571. The van der Waals surface area contributed by atoms with Gasteiger partial charge in [-0.15, -0.1) is 0 Å². The number of hydrogen-bond donors (Lipinski definition) is 1. The number of fused-ring (bicyclic) bond motifs is 1. The summed E-state index contributed by atoms with van der Waals surface area (Å²) in [5.74, 6) is -0.207. The molecular weight excluding hydrogens is 269 g/mol. The number of rotatable bonds is 1. The van der Waals surface area contributed by atoms with E-state index in [0.717, 1.165) is 25.9 Å². The second kappa shape index (κ2) is 5.27. The van der Waals surface area contributed by atoms with E-state index < -0.39 is 11.9 Å². The molecule has 2 heterocycles. The van der Waals surface area contributed by atoms with Crippen LogP contribution in [0.5, 0.6) is 5.75 Å². The van der Waals surface area contributed by atoms with Crippen molar-refractivity contribution in [2.75, 3.05) is 19.7 Å². The third-order valence-corrected chi connectivity index (χ3v) is 4.12. The minimum Gasteiger partial charge on any atom is -0.487 e. The molecule has 1 aromatic rings. The topological polar surface area (TPSA) is 32.7 Å². The number of benzene rings is 1. The van der Waals surface area contributed by atoms with Crippen molar-refractivity contribution in [3.05, 3.63) is 28.5 Å². The van der Waals surface area contributed by atoms with E-state index in [2.05, 4.69) is 4.90 Å². The molecule has 0 aromatic heterocycles. The summed E-state index contributed by atoms with van der Waals surface area (Å²) >= 11 is 5.94. The Kier molecular flexibility index (Phi) is 3.65. The molecule has 2 aliphatic rings. The van der Waals surface area contributed by atoms with Crippen molar-refractivity contribution in [1.82, 2.24) is 4.90 Å². The fourth-order valence-electron chi connectivity index (χ4n) is 3.06. The first-order valence-corrected chi connectivity index (χ1v) is 7.08. The molecule has 1 fully saturated rings. The molecule has 0 spiro atoms. The van der Waals surface area contributed by atoms with Gasteiger partial charge in [-0.2, -0.15) is 0 Å². The van der Waals surface area contributed by atoms with Crippen molar-refractivity contribution < 1.29 is 14.2 Å². The molecule has 0 aliphatic carbocycles. The van der Waals surface area contributed by atoms with Crippen LogP contribution in [0, 0.1) is 5.82 Å². The summed E-state index contributed by atoms with van der Waals surface area (Å²) in [4.78, 5) is 2.21. The Balaban J connectivity index is 2.00. The van der Waals surface area contributed by atoms with E-state index in [1.165, 1.54) is 12.5 Å². The van der Waals surface area contributed by atoms with Crippen LogP contribution >= 0.6 is 11.6 Å². The maximum absolute atomic E-state index is 13.9. The van der Waals surface area contributed by atoms with Gasteiger partial charge in [0.05, 0.1) is 6.04 Å². The minimum atomic E-state index is -0.636. The average molecular weight is 286 g/mol. The molecule has 2 aliphatic heterocycles. The van der Waals surface area contributed by atoms with Gasteiger partial charge in [-0.05, 0) is 38.1 Å². The number of ether oxygens (including phenoxy) is 1. The highest BCUT2D eigenvalue weighted by atomic mass is 35.5. The van der Waals surface area contributed by atoms with E-state index >= 15 is 0 Å². The van der Waals surface area contributed by atoms with Crippen LogP contribution in [0.4, 0.5) is 4.39 Å². The first-order valence-electron chi connectivity index (χ1n) is 6.70. The number of halogens is 2. The van der Waals surface area contributed by atoms with Crippen molar-refractivity contribution in [3.63, 3.8) is 0 Å². The molecule has 0 radical (unpaired) electrons. The lowest BCUT2D eigenvalue weighted by molar-refractivity contribution is -0.00822. The van der Waals surface area contributed by atoms with Crippen LogP contribution in [-0.4, -0.2) is 35.8 Å². The lowest BCUT2D eigenvalue weighted by Gasteiger charge is -2.40. The lowest BCUT2D eigenvalue weighted by Crippen LogP contribution is -2.44. The summed E-state index contributed by atoms with van der Waals surface area (Å²) in [6.07, 6.45) is 2.81. The van der Waals surface area contributed by atoms with Gasteiger partial charge in [0.1, 0.15) is 12.7 Å². The molecule has 2 atom stereocenters. The predicted molar refractivity (Wildman–Crippen MR) is 71.1 cm³/mol. The van der Waals surface area contributed by atoms with E-state index in [1.54, 1.807) is 6.07 Å². The monoisotopic (exact) mass is 285 g/mol. The maximum Gasteiger partial charge on any atom is 0.166 e. The highest BCUT2D eigenvalue weighted by molar-refractivity contribution is 6.30. The van der Waals surface area contributed by atoms with Crippen molar-refractivity contribution >= 4 is 11.6 Å². The summed E-state index contributed by atoms with van der Waals surface area (Å²) in [6, 6.07) is 2.75. The summed E-state index contributed by atoms with van der Waals surface area (Å²) < 4.78 is 19.2. The van der Waals surface area contributed by atoms with Gasteiger partial charge >= 0.3 is 0 Å². The Bertz CT molecular complexity index is 477. The molecule has 3 rings (SSSR count). The number of hydrogen-bond acceptors (Lipinski definition) is 3. The molecule has 0 saturated carbocycles. The van der Waals surface area contributed by atoms with Crippen LogP contribution in [0.1, 0.15) is 30.9 Å². The first kappa shape index (κ1) is 13.2. The minimum absolute atomic E-state index is 0.132. The Morgan fingerprint density at radius 2 is 2.00 bits per heavy atom. The molecular formula is C14H17ClFNO2. The van der Waals surface area contributed by atoms with E-state index in [-0.39, 0.29) is 18.4 Å². The van der Waals surface area contributed by atoms with Gasteiger partial charge in [-0.1, -0.05) is 18.0 Å². The van der Waals surface area contributed by atoms with E-state index in [0.29, 0.717) is 10.6 Å². The molecule has 3 nitrogen and oxygen atoms in total. The summed E-state index contributed by atoms with van der Waals surface area (Å²) in [7, 11) is 0. The van der Waals surface area contributed by atoms with Crippen LogP contribution in [0.15, 0.2) is 12.1 Å². The fourth-order valence-corrected chi connectivity index (χ4v) is 3.27. The van der Waals surface area contributed by atoms with Crippen molar-refractivity contribution in [2.45, 2.75) is 31.4 Å². The van der Waals surface area contributed by atoms with Gasteiger partial charge in [0, 0.05) is 10.6 Å². The number of nitrogens with zero attached hydrogens (tertiary/aromatic N) is 1. The summed E-state index contributed by atoms with van der Waals surface area (Å²) in [5, 5.41) is 10.6. The Hall–Kier alpha value is -0.840. The van der Waals surface area contributed by atoms with Crippen LogP contribution in [-0.2, 0) is 0 Å². The van der Waals surface area contributed by atoms with Crippen molar-refractivity contribution in [1.29, 1.82) is 0 Å². The molecule has 2 unspecified atom stereocenters. The molecule has 0 bridgehead atoms. The van der Waals surface area contributed by atoms with Crippen LogP contribution < -0.4 is 4.74 Å². The molecule has 19 heavy (non-hydrogen) atoms. The second-order valence-electron chi connectivity index (χ2n) is 5.23. The molecule has 1 N–H and O–H groups in total. The van der Waals surface area contributed by atoms with Gasteiger partial charge in [0.25, 0.3) is 0 Å². The second-order valence-corrected chi connectivity index (χ2v) is 5.66. The van der Waals surface area contributed by atoms with Gasteiger partial charge < -0.3 is 9.84 Å². The Labute approximate surface area is 116 Å². The van der Waals surface area contributed by atoms with Gasteiger partial charge in [0.2, 0.25) is 0 Å². The first-order chi connectivity index (χ1) is 9.16. The molecule has 1 aromatic carbocycles. The van der Waals surface area contributed by atoms with E-state index in [1.807, 2.05) is 0 Å². The zero-order valence-electron chi connectivity index (χ0n) is 10.6. The number of piperidine rings is 1. The zero-order chi connectivity index (χ0) is 13.4. The van der Waals surface area contributed by atoms with E-state index in [4.69, 9.17) is 16.3 Å². The van der Waals surface area contributed by atoms with Crippen molar-refractivity contribution in [2.24, 2.45) is 0 Å².